The predicted molar refractivity (Wildman–Crippen MR) is 81.8 cm³/mol. The van der Waals surface area contributed by atoms with Crippen molar-refractivity contribution in [1.82, 2.24) is 0 Å². The van der Waals surface area contributed by atoms with Crippen molar-refractivity contribution < 1.29 is 17.9 Å². The Bertz CT molecular complexity index is 746. The van der Waals surface area contributed by atoms with Crippen LogP contribution in [0, 0.1) is 0 Å². The van der Waals surface area contributed by atoms with Crippen LogP contribution >= 0.6 is 11.6 Å². The van der Waals surface area contributed by atoms with Gasteiger partial charge in [-0.2, -0.15) is 0 Å². The SMILES string of the molecule is COc1ccc(OC)c(S(=O)(=O)Nc2cccc(Cl)c2)c1. The number of rotatable bonds is 5. The first-order valence-electron chi connectivity index (χ1n) is 5.96. The number of nitrogens with one attached hydrogen (secondary N) is 1. The normalized spacial score (nSPS) is 11.0. The molecule has 0 bridgehead atoms. The van der Waals surface area contributed by atoms with E-state index in [1.54, 1.807) is 24.3 Å². The average Bonchev–Trinajstić information content (AvgIpc) is 2.46. The molecule has 0 radical (unpaired) electrons. The van der Waals surface area contributed by atoms with E-state index in [4.69, 9.17) is 21.1 Å². The van der Waals surface area contributed by atoms with Gasteiger partial charge in [0.25, 0.3) is 10.0 Å². The quantitative estimate of drug-likeness (QED) is 0.916. The van der Waals surface area contributed by atoms with E-state index in [0.29, 0.717) is 16.5 Å². The van der Waals surface area contributed by atoms with Gasteiger partial charge in [0.15, 0.2) is 0 Å². The lowest BCUT2D eigenvalue weighted by Gasteiger charge is -2.13. The third-order valence-electron chi connectivity index (χ3n) is 2.74. The topological polar surface area (TPSA) is 64.6 Å². The average molecular weight is 328 g/mol. The van der Waals surface area contributed by atoms with Crippen LogP contribution in [-0.4, -0.2) is 22.6 Å². The number of hydrogen-bond acceptors (Lipinski definition) is 4. The highest BCUT2D eigenvalue weighted by Crippen LogP contribution is 2.30. The molecule has 1 N–H and O–H groups in total. The molecule has 0 fully saturated rings. The zero-order valence-electron chi connectivity index (χ0n) is 11.5. The van der Waals surface area contributed by atoms with Crippen LogP contribution in [0.1, 0.15) is 0 Å². The van der Waals surface area contributed by atoms with Crippen LogP contribution in [0.3, 0.4) is 0 Å². The Morgan fingerprint density at radius 1 is 1.05 bits per heavy atom. The maximum Gasteiger partial charge on any atom is 0.265 e. The molecule has 112 valence electrons. The summed E-state index contributed by atoms with van der Waals surface area (Å²) in [6, 6.07) is 11.0. The summed E-state index contributed by atoms with van der Waals surface area (Å²) in [6.07, 6.45) is 0. The van der Waals surface area contributed by atoms with E-state index >= 15 is 0 Å². The molecule has 0 saturated heterocycles. The fraction of sp³-hybridized carbons (Fsp3) is 0.143. The lowest BCUT2D eigenvalue weighted by molar-refractivity contribution is 0.392. The minimum Gasteiger partial charge on any atom is -0.497 e. The fourth-order valence-corrected chi connectivity index (χ4v) is 3.18. The smallest absolute Gasteiger partial charge is 0.265 e. The van der Waals surface area contributed by atoms with E-state index in [2.05, 4.69) is 4.72 Å². The summed E-state index contributed by atoms with van der Waals surface area (Å²) in [7, 11) is -0.955. The molecular formula is C14H14ClNO4S. The highest BCUT2D eigenvalue weighted by atomic mass is 35.5. The van der Waals surface area contributed by atoms with Crippen LogP contribution in [0.5, 0.6) is 11.5 Å². The number of hydrogen-bond donors (Lipinski definition) is 1. The minimum absolute atomic E-state index is 0.00988. The van der Waals surface area contributed by atoms with Crippen molar-refractivity contribution in [2.24, 2.45) is 0 Å². The van der Waals surface area contributed by atoms with Crippen LogP contribution in [0.25, 0.3) is 0 Å². The second-order valence-electron chi connectivity index (χ2n) is 4.13. The Kier molecular flexibility index (Phi) is 4.59. The van der Waals surface area contributed by atoms with Gasteiger partial charge in [0.05, 0.1) is 19.9 Å². The zero-order chi connectivity index (χ0) is 15.5. The van der Waals surface area contributed by atoms with Crippen molar-refractivity contribution in [3.63, 3.8) is 0 Å². The number of methoxy groups -OCH3 is 2. The Morgan fingerprint density at radius 2 is 1.81 bits per heavy atom. The molecule has 7 heteroatoms. The number of ether oxygens (including phenoxy) is 2. The fourth-order valence-electron chi connectivity index (χ4n) is 1.76. The van der Waals surface area contributed by atoms with Crippen molar-refractivity contribution in [3.8, 4) is 11.5 Å². The summed E-state index contributed by atoms with van der Waals surface area (Å²) in [5, 5.41) is 0.438. The summed E-state index contributed by atoms with van der Waals surface area (Å²) in [6.45, 7) is 0. The van der Waals surface area contributed by atoms with Gasteiger partial charge < -0.3 is 9.47 Å². The molecule has 0 aliphatic rings. The number of benzene rings is 2. The minimum atomic E-state index is -3.82. The van der Waals surface area contributed by atoms with Gasteiger partial charge in [0.1, 0.15) is 16.4 Å². The first-order chi connectivity index (χ1) is 9.96. The van der Waals surface area contributed by atoms with Gasteiger partial charge in [-0.05, 0) is 30.3 Å². The highest BCUT2D eigenvalue weighted by molar-refractivity contribution is 7.92. The molecule has 0 amide bonds. The largest absolute Gasteiger partial charge is 0.497 e. The van der Waals surface area contributed by atoms with E-state index < -0.39 is 10.0 Å². The van der Waals surface area contributed by atoms with Crippen LogP contribution < -0.4 is 14.2 Å². The van der Waals surface area contributed by atoms with Gasteiger partial charge in [-0.25, -0.2) is 8.42 Å². The third kappa shape index (κ3) is 3.59. The third-order valence-corrected chi connectivity index (χ3v) is 4.37. The predicted octanol–water partition coefficient (Wildman–Crippen LogP) is 3.16. The van der Waals surface area contributed by atoms with E-state index in [1.807, 2.05) is 0 Å². The van der Waals surface area contributed by atoms with Gasteiger partial charge in [0.2, 0.25) is 0 Å². The molecule has 0 aromatic heterocycles. The van der Waals surface area contributed by atoms with Gasteiger partial charge in [0, 0.05) is 11.1 Å². The van der Waals surface area contributed by atoms with E-state index in [-0.39, 0.29) is 10.6 Å². The molecule has 2 aromatic carbocycles. The maximum atomic E-state index is 12.5. The van der Waals surface area contributed by atoms with E-state index in [1.165, 1.54) is 32.4 Å². The summed E-state index contributed by atoms with van der Waals surface area (Å²) in [4.78, 5) is -0.00988. The molecule has 0 atom stereocenters. The molecule has 0 spiro atoms. The molecule has 2 aromatic rings. The van der Waals surface area contributed by atoms with Gasteiger partial charge in [-0.15, -0.1) is 0 Å². The van der Waals surface area contributed by atoms with E-state index in [9.17, 15) is 8.42 Å². The number of anilines is 1. The molecule has 21 heavy (non-hydrogen) atoms. The Labute approximate surface area is 128 Å². The van der Waals surface area contributed by atoms with E-state index in [0.717, 1.165) is 0 Å². The van der Waals surface area contributed by atoms with Gasteiger partial charge in [-0.3, -0.25) is 4.72 Å². The van der Waals surface area contributed by atoms with Crippen LogP contribution in [0.2, 0.25) is 5.02 Å². The van der Waals surface area contributed by atoms with Gasteiger partial charge in [-0.1, -0.05) is 17.7 Å². The number of halogens is 1. The van der Waals surface area contributed by atoms with Gasteiger partial charge >= 0.3 is 0 Å². The Hall–Kier alpha value is -1.92. The Morgan fingerprint density at radius 3 is 2.43 bits per heavy atom. The number of sulfonamides is 1. The standard InChI is InChI=1S/C14H14ClNO4S/c1-19-12-6-7-13(20-2)14(9-12)21(17,18)16-11-5-3-4-10(15)8-11/h3-9,16H,1-2H3. The maximum absolute atomic E-state index is 12.5. The lowest BCUT2D eigenvalue weighted by atomic mass is 10.3. The zero-order valence-corrected chi connectivity index (χ0v) is 13.0. The lowest BCUT2D eigenvalue weighted by Crippen LogP contribution is -2.14. The van der Waals surface area contributed by atoms with Crippen molar-refractivity contribution in [2.45, 2.75) is 4.90 Å². The highest BCUT2D eigenvalue weighted by Gasteiger charge is 2.20. The molecule has 5 nitrogen and oxygen atoms in total. The van der Waals surface area contributed by atoms with Crippen molar-refractivity contribution >= 4 is 27.3 Å². The summed E-state index contributed by atoms with van der Waals surface area (Å²) < 4.78 is 37.5. The van der Waals surface area contributed by atoms with Crippen molar-refractivity contribution in [2.75, 3.05) is 18.9 Å². The molecule has 0 saturated carbocycles. The molecule has 2 rings (SSSR count). The van der Waals surface area contributed by atoms with Crippen LogP contribution in [0.15, 0.2) is 47.4 Å². The second kappa shape index (κ2) is 6.24. The summed E-state index contributed by atoms with van der Waals surface area (Å²) in [5.74, 6) is 0.646. The molecule has 0 aliphatic carbocycles. The monoisotopic (exact) mass is 327 g/mol. The molecule has 0 heterocycles. The van der Waals surface area contributed by atoms with Crippen molar-refractivity contribution in [3.05, 3.63) is 47.5 Å². The molecule has 0 aliphatic heterocycles. The molecular weight excluding hydrogens is 314 g/mol. The second-order valence-corrected chi connectivity index (χ2v) is 6.22. The van der Waals surface area contributed by atoms with Crippen LogP contribution in [-0.2, 0) is 10.0 Å². The van der Waals surface area contributed by atoms with Crippen molar-refractivity contribution in [1.29, 1.82) is 0 Å². The summed E-state index contributed by atoms with van der Waals surface area (Å²) >= 11 is 5.85. The molecule has 0 unspecified atom stereocenters. The first-order valence-corrected chi connectivity index (χ1v) is 7.83. The summed E-state index contributed by atoms with van der Waals surface area (Å²) in [5.41, 5.74) is 0.368. The first kappa shape index (κ1) is 15.5. The van der Waals surface area contributed by atoms with Crippen LogP contribution in [0.4, 0.5) is 5.69 Å². The Balaban J connectivity index is 2.43.